The number of carbonyl (C=O) groups excluding carboxylic acids is 1. The molecule has 2 heterocycles. The third kappa shape index (κ3) is 1.32. The van der Waals surface area contributed by atoms with Crippen molar-refractivity contribution in [1.29, 1.82) is 0 Å². The van der Waals surface area contributed by atoms with Crippen LogP contribution in [0.2, 0.25) is 0 Å². The normalized spacial score (nSPS) is 10.4. The van der Waals surface area contributed by atoms with Crippen molar-refractivity contribution in [1.82, 2.24) is 15.3 Å². The van der Waals surface area contributed by atoms with Gasteiger partial charge in [-0.15, -0.1) is 0 Å². The van der Waals surface area contributed by atoms with E-state index in [9.17, 15) is 9.18 Å². The van der Waals surface area contributed by atoms with E-state index in [4.69, 9.17) is 0 Å². The largest absolute Gasteiger partial charge is 0.354 e. The van der Waals surface area contributed by atoms with Gasteiger partial charge in [-0.25, -0.2) is 4.98 Å². The SMILES string of the molecule is CNC(=O)c1cc2cc(F)ncc2[nH]1. The van der Waals surface area contributed by atoms with Gasteiger partial charge in [-0.2, -0.15) is 4.39 Å². The van der Waals surface area contributed by atoms with E-state index in [-0.39, 0.29) is 5.91 Å². The highest BCUT2D eigenvalue weighted by Crippen LogP contribution is 2.14. The second-order valence-electron chi connectivity index (χ2n) is 2.86. The molecule has 0 saturated heterocycles. The Bertz CT molecular complexity index is 492. The van der Waals surface area contributed by atoms with Crippen LogP contribution in [0.25, 0.3) is 10.9 Å². The molecule has 2 aromatic heterocycles. The molecule has 72 valence electrons. The summed E-state index contributed by atoms with van der Waals surface area (Å²) in [5.74, 6) is -0.790. The van der Waals surface area contributed by atoms with E-state index in [0.717, 1.165) is 0 Å². The van der Waals surface area contributed by atoms with Crippen molar-refractivity contribution in [3.05, 3.63) is 30.0 Å². The number of aromatic amines is 1. The Hall–Kier alpha value is -1.91. The van der Waals surface area contributed by atoms with Crippen LogP contribution in [-0.4, -0.2) is 22.9 Å². The highest BCUT2D eigenvalue weighted by molar-refractivity contribution is 5.97. The Labute approximate surface area is 79.1 Å². The Kier molecular flexibility index (Phi) is 1.92. The minimum Gasteiger partial charge on any atom is -0.354 e. The summed E-state index contributed by atoms with van der Waals surface area (Å²) >= 11 is 0. The number of carbonyl (C=O) groups is 1. The van der Waals surface area contributed by atoms with Gasteiger partial charge in [0.25, 0.3) is 5.91 Å². The minimum atomic E-state index is -0.556. The second kappa shape index (κ2) is 3.10. The molecular weight excluding hydrogens is 185 g/mol. The molecule has 2 aromatic rings. The molecule has 2 N–H and O–H groups in total. The zero-order valence-electron chi connectivity index (χ0n) is 7.47. The summed E-state index contributed by atoms with van der Waals surface area (Å²) in [7, 11) is 1.53. The number of rotatable bonds is 1. The van der Waals surface area contributed by atoms with E-state index in [1.54, 1.807) is 6.07 Å². The Morgan fingerprint density at radius 1 is 1.57 bits per heavy atom. The van der Waals surface area contributed by atoms with Crippen LogP contribution < -0.4 is 5.32 Å². The highest BCUT2D eigenvalue weighted by Gasteiger charge is 2.07. The summed E-state index contributed by atoms with van der Waals surface area (Å²) in [6.45, 7) is 0. The average molecular weight is 193 g/mol. The van der Waals surface area contributed by atoms with E-state index in [1.165, 1.54) is 19.3 Å². The number of halogens is 1. The standard InChI is InChI=1S/C9H8FN3O/c1-11-9(14)6-2-5-3-8(10)12-4-7(5)13-6/h2-4,13H,1H3,(H,11,14). The number of nitrogens with zero attached hydrogens (tertiary/aromatic N) is 1. The molecule has 0 aromatic carbocycles. The molecule has 0 bridgehead atoms. The molecule has 0 unspecified atom stereocenters. The second-order valence-corrected chi connectivity index (χ2v) is 2.86. The van der Waals surface area contributed by atoms with Crippen molar-refractivity contribution >= 4 is 16.8 Å². The number of H-pyrrole nitrogens is 1. The van der Waals surface area contributed by atoms with Gasteiger partial charge in [-0.1, -0.05) is 0 Å². The fraction of sp³-hybridized carbons (Fsp3) is 0.111. The third-order valence-electron chi connectivity index (χ3n) is 1.94. The number of fused-ring (bicyclic) bond motifs is 1. The first-order chi connectivity index (χ1) is 6.70. The first kappa shape index (κ1) is 8.68. The quantitative estimate of drug-likeness (QED) is 0.665. The predicted octanol–water partition coefficient (Wildman–Crippen LogP) is 1.06. The molecule has 4 nitrogen and oxygen atoms in total. The molecule has 0 aliphatic rings. The fourth-order valence-electron chi connectivity index (χ4n) is 1.26. The van der Waals surface area contributed by atoms with Crippen LogP contribution in [0.3, 0.4) is 0 Å². The van der Waals surface area contributed by atoms with Crippen molar-refractivity contribution in [2.24, 2.45) is 0 Å². The molecule has 0 atom stereocenters. The Balaban J connectivity index is 2.56. The number of amides is 1. The monoisotopic (exact) mass is 193 g/mol. The van der Waals surface area contributed by atoms with E-state index >= 15 is 0 Å². The zero-order chi connectivity index (χ0) is 10.1. The maximum atomic E-state index is 12.7. The summed E-state index contributed by atoms with van der Waals surface area (Å²) in [4.78, 5) is 17.5. The summed E-state index contributed by atoms with van der Waals surface area (Å²) in [6, 6.07) is 2.86. The smallest absolute Gasteiger partial charge is 0.267 e. The Morgan fingerprint density at radius 3 is 3.07 bits per heavy atom. The lowest BCUT2D eigenvalue weighted by molar-refractivity contribution is 0.0959. The van der Waals surface area contributed by atoms with Crippen molar-refractivity contribution in [2.45, 2.75) is 0 Å². The number of hydrogen-bond donors (Lipinski definition) is 2. The van der Waals surface area contributed by atoms with E-state index in [1.807, 2.05) is 0 Å². The summed E-state index contributed by atoms with van der Waals surface area (Å²) in [5, 5.41) is 3.11. The number of pyridine rings is 1. The van der Waals surface area contributed by atoms with Crippen LogP contribution in [0.1, 0.15) is 10.5 Å². The van der Waals surface area contributed by atoms with E-state index in [2.05, 4.69) is 15.3 Å². The van der Waals surface area contributed by atoms with Gasteiger partial charge in [-0.05, 0) is 6.07 Å². The van der Waals surface area contributed by atoms with Crippen molar-refractivity contribution in [2.75, 3.05) is 7.05 Å². The number of aromatic nitrogens is 2. The predicted molar refractivity (Wildman–Crippen MR) is 49.4 cm³/mol. The van der Waals surface area contributed by atoms with Gasteiger partial charge in [0, 0.05) is 18.5 Å². The maximum Gasteiger partial charge on any atom is 0.267 e. The van der Waals surface area contributed by atoms with Crippen molar-refractivity contribution < 1.29 is 9.18 Å². The van der Waals surface area contributed by atoms with Crippen LogP contribution in [0.4, 0.5) is 4.39 Å². The van der Waals surface area contributed by atoms with Crippen LogP contribution in [0, 0.1) is 5.95 Å². The van der Waals surface area contributed by atoms with Crippen molar-refractivity contribution in [3.63, 3.8) is 0 Å². The molecule has 0 spiro atoms. The first-order valence-electron chi connectivity index (χ1n) is 4.07. The highest BCUT2D eigenvalue weighted by atomic mass is 19.1. The lowest BCUT2D eigenvalue weighted by atomic mass is 10.3. The lowest BCUT2D eigenvalue weighted by Crippen LogP contribution is -2.17. The molecule has 0 radical (unpaired) electrons. The third-order valence-corrected chi connectivity index (χ3v) is 1.94. The van der Waals surface area contributed by atoms with Gasteiger partial charge in [-0.3, -0.25) is 4.79 Å². The van der Waals surface area contributed by atoms with Crippen LogP contribution in [0.15, 0.2) is 18.3 Å². The van der Waals surface area contributed by atoms with Gasteiger partial charge in [0.1, 0.15) is 5.69 Å². The first-order valence-corrected chi connectivity index (χ1v) is 4.07. The minimum absolute atomic E-state index is 0.235. The topological polar surface area (TPSA) is 57.8 Å². The summed E-state index contributed by atoms with van der Waals surface area (Å²) < 4.78 is 12.7. The van der Waals surface area contributed by atoms with Gasteiger partial charge in [0.05, 0.1) is 11.7 Å². The molecule has 14 heavy (non-hydrogen) atoms. The van der Waals surface area contributed by atoms with Crippen LogP contribution in [-0.2, 0) is 0 Å². The summed E-state index contributed by atoms with van der Waals surface area (Å²) in [5.41, 5.74) is 1.04. The molecule has 0 saturated carbocycles. The molecule has 0 aliphatic carbocycles. The Morgan fingerprint density at radius 2 is 2.36 bits per heavy atom. The molecule has 0 fully saturated rings. The summed E-state index contributed by atoms with van der Waals surface area (Å²) in [6.07, 6.45) is 1.36. The van der Waals surface area contributed by atoms with E-state index < -0.39 is 5.95 Å². The molecule has 1 amide bonds. The number of hydrogen-bond acceptors (Lipinski definition) is 2. The van der Waals surface area contributed by atoms with E-state index in [0.29, 0.717) is 16.6 Å². The molecule has 5 heteroatoms. The van der Waals surface area contributed by atoms with Crippen LogP contribution >= 0.6 is 0 Å². The molecule has 0 aliphatic heterocycles. The van der Waals surface area contributed by atoms with Gasteiger partial charge < -0.3 is 10.3 Å². The van der Waals surface area contributed by atoms with Gasteiger partial charge in [0.2, 0.25) is 5.95 Å². The van der Waals surface area contributed by atoms with Crippen molar-refractivity contribution in [3.8, 4) is 0 Å². The van der Waals surface area contributed by atoms with Crippen LogP contribution in [0.5, 0.6) is 0 Å². The lowest BCUT2D eigenvalue weighted by Gasteiger charge is -1.92. The average Bonchev–Trinajstić information content (AvgIpc) is 2.59. The molecular formula is C9H8FN3O. The zero-order valence-corrected chi connectivity index (χ0v) is 7.47. The fourth-order valence-corrected chi connectivity index (χ4v) is 1.26. The number of nitrogens with one attached hydrogen (secondary N) is 2. The van der Waals surface area contributed by atoms with Gasteiger partial charge >= 0.3 is 0 Å². The van der Waals surface area contributed by atoms with Gasteiger partial charge in [0.15, 0.2) is 0 Å². The maximum absolute atomic E-state index is 12.7. The molecule has 2 rings (SSSR count).